The number of fused-ring (bicyclic) bond motifs is 1. The zero-order valence-electron chi connectivity index (χ0n) is 13.3. The lowest BCUT2D eigenvalue weighted by atomic mass is 9.86. The molecule has 4 heteroatoms. The van der Waals surface area contributed by atoms with Crippen molar-refractivity contribution >= 4 is 5.82 Å². The monoisotopic (exact) mass is 317 g/mol. The number of rotatable bonds is 4. The van der Waals surface area contributed by atoms with Crippen molar-refractivity contribution < 1.29 is 0 Å². The molecule has 0 fully saturated rings. The van der Waals surface area contributed by atoms with E-state index in [1.54, 1.807) is 0 Å². The second kappa shape index (κ2) is 6.32. The van der Waals surface area contributed by atoms with E-state index in [0.717, 1.165) is 36.5 Å². The second-order valence-corrected chi connectivity index (χ2v) is 6.10. The zero-order valence-corrected chi connectivity index (χ0v) is 13.3. The van der Waals surface area contributed by atoms with E-state index in [-0.39, 0.29) is 11.6 Å². The first kappa shape index (κ1) is 14.7. The summed E-state index contributed by atoms with van der Waals surface area (Å²) in [4.78, 5) is 18.9. The summed E-state index contributed by atoms with van der Waals surface area (Å²) in [6.07, 6.45) is 1.67. The maximum atomic E-state index is 11.9. The molecule has 3 aromatic rings. The standard InChI is InChI=1S/C20H19N3O/c24-20-22-18(16-11-12-21-19(16)23-20)13-17(14-7-3-1-4-8-14)15-9-5-2-6-10-15/h1-10,17H,11-13H2,(H2,21,22,23,24). The molecule has 0 bridgehead atoms. The summed E-state index contributed by atoms with van der Waals surface area (Å²) in [6.45, 7) is 0.841. The topological polar surface area (TPSA) is 57.8 Å². The summed E-state index contributed by atoms with van der Waals surface area (Å²) in [6, 6.07) is 20.9. The summed E-state index contributed by atoms with van der Waals surface area (Å²) in [5.41, 5.74) is 4.36. The molecule has 120 valence electrons. The fraction of sp³-hybridized carbons (Fsp3) is 0.200. The molecule has 1 aliphatic heterocycles. The van der Waals surface area contributed by atoms with Crippen molar-refractivity contribution in [3.05, 3.63) is 93.5 Å². The van der Waals surface area contributed by atoms with Crippen LogP contribution in [0.1, 0.15) is 28.3 Å². The van der Waals surface area contributed by atoms with Crippen LogP contribution in [0, 0.1) is 0 Å². The van der Waals surface area contributed by atoms with E-state index < -0.39 is 0 Å². The number of hydrogen-bond acceptors (Lipinski definition) is 3. The minimum atomic E-state index is -0.280. The summed E-state index contributed by atoms with van der Waals surface area (Å²) in [5.74, 6) is 0.948. The van der Waals surface area contributed by atoms with E-state index in [1.165, 1.54) is 11.1 Å². The number of nitrogens with one attached hydrogen (secondary N) is 2. The normalized spacial score (nSPS) is 12.9. The van der Waals surface area contributed by atoms with Gasteiger partial charge in [-0.15, -0.1) is 0 Å². The first-order valence-electron chi connectivity index (χ1n) is 8.27. The summed E-state index contributed by atoms with van der Waals surface area (Å²) in [5, 5.41) is 3.20. The van der Waals surface area contributed by atoms with Crippen molar-refractivity contribution in [3.8, 4) is 0 Å². The predicted octanol–water partition coefficient (Wildman–Crippen LogP) is 3.11. The van der Waals surface area contributed by atoms with E-state index in [4.69, 9.17) is 0 Å². The molecule has 4 nitrogen and oxygen atoms in total. The average molecular weight is 317 g/mol. The SMILES string of the molecule is O=c1nc2c(c(CC(c3ccccc3)c3ccccc3)[nH]1)CCN2. The van der Waals surface area contributed by atoms with Crippen LogP contribution in [-0.4, -0.2) is 16.5 Å². The van der Waals surface area contributed by atoms with Crippen molar-refractivity contribution in [3.63, 3.8) is 0 Å². The molecule has 24 heavy (non-hydrogen) atoms. The lowest BCUT2D eigenvalue weighted by Crippen LogP contribution is -2.17. The van der Waals surface area contributed by atoms with Crippen LogP contribution in [0.2, 0.25) is 0 Å². The number of aromatic amines is 1. The Labute approximate surface area is 140 Å². The molecule has 0 atom stereocenters. The van der Waals surface area contributed by atoms with Crippen molar-refractivity contribution in [2.24, 2.45) is 0 Å². The highest BCUT2D eigenvalue weighted by Crippen LogP contribution is 2.30. The highest BCUT2D eigenvalue weighted by molar-refractivity contribution is 5.51. The molecule has 0 saturated heterocycles. The molecule has 0 spiro atoms. The number of aromatic nitrogens is 2. The summed E-state index contributed by atoms with van der Waals surface area (Å²) >= 11 is 0. The van der Waals surface area contributed by atoms with Crippen LogP contribution in [0.3, 0.4) is 0 Å². The van der Waals surface area contributed by atoms with E-state index in [0.29, 0.717) is 0 Å². The van der Waals surface area contributed by atoms with Gasteiger partial charge in [-0.3, -0.25) is 0 Å². The Morgan fingerprint density at radius 1 is 0.958 bits per heavy atom. The van der Waals surface area contributed by atoms with Crippen LogP contribution in [-0.2, 0) is 12.8 Å². The van der Waals surface area contributed by atoms with E-state index in [9.17, 15) is 4.79 Å². The average Bonchev–Trinajstić information content (AvgIpc) is 3.09. The number of hydrogen-bond donors (Lipinski definition) is 2. The first-order valence-corrected chi connectivity index (χ1v) is 8.27. The van der Waals surface area contributed by atoms with Crippen molar-refractivity contribution in [1.29, 1.82) is 0 Å². The van der Waals surface area contributed by atoms with Gasteiger partial charge in [-0.25, -0.2) is 4.79 Å². The number of H-pyrrole nitrogens is 1. The molecular weight excluding hydrogens is 298 g/mol. The molecule has 2 N–H and O–H groups in total. The van der Waals surface area contributed by atoms with Gasteiger partial charge < -0.3 is 10.3 Å². The van der Waals surface area contributed by atoms with E-state index in [1.807, 2.05) is 12.1 Å². The molecule has 2 aromatic carbocycles. The van der Waals surface area contributed by atoms with Crippen LogP contribution in [0.5, 0.6) is 0 Å². The fourth-order valence-electron chi connectivity index (χ4n) is 3.44. The van der Waals surface area contributed by atoms with Gasteiger partial charge in [0.2, 0.25) is 0 Å². The zero-order chi connectivity index (χ0) is 16.4. The van der Waals surface area contributed by atoms with Crippen molar-refractivity contribution in [2.45, 2.75) is 18.8 Å². The Hall–Kier alpha value is -2.88. The lowest BCUT2D eigenvalue weighted by molar-refractivity contribution is 0.763. The molecular formula is C20H19N3O. The van der Waals surface area contributed by atoms with Gasteiger partial charge in [0, 0.05) is 23.7 Å². The van der Waals surface area contributed by atoms with Crippen LogP contribution >= 0.6 is 0 Å². The molecule has 0 saturated carbocycles. The van der Waals surface area contributed by atoms with Gasteiger partial charge in [0.1, 0.15) is 5.82 Å². The first-order chi connectivity index (χ1) is 11.8. The van der Waals surface area contributed by atoms with Crippen LogP contribution in [0.25, 0.3) is 0 Å². The van der Waals surface area contributed by atoms with Gasteiger partial charge in [-0.1, -0.05) is 60.7 Å². The van der Waals surface area contributed by atoms with E-state index >= 15 is 0 Å². The van der Waals surface area contributed by atoms with Crippen LogP contribution < -0.4 is 11.0 Å². The third kappa shape index (κ3) is 2.83. The molecule has 0 amide bonds. The lowest BCUT2D eigenvalue weighted by Gasteiger charge is -2.19. The predicted molar refractivity (Wildman–Crippen MR) is 95.5 cm³/mol. The minimum absolute atomic E-state index is 0.204. The maximum absolute atomic E-state index is 11.9. The summed E-state index contributed by atoms with van der Waals surface area (Å²) < 4.78 is 0. The van der Waals surface area contributed by atoms with Gasteiger partial charge in [-0.05, 0) is 24.0 Å². The van der Waals surface area contributed by atoms with Crippen LogP contribution in [0.4, 0.5) is 5.82 Å². The Bertz CT molecular complexity index is 848. The Kier molecular flexibility index (Phi) is 3.87. The van der Waals surface area contributed by atoms with Crippen LogP contribution in [0.15, 0.2) is 65.5 Å². The molecule has 0 aliphatic carbocycles. The quantitative estimate of drug-likeness (QED) is 0.777. The van der Waals surface area contributed by atoms with Gasteiger partial charge in [0.05, 0.1) is 0 Å². The Morgan fingerprint density at radius 3 is 2.21 bits per heavy atom. The van der Waals surface area contributed by atoms with Gasteiger partial charge in [-0.2, -0.15) is 4.98 Å². The highest BCUT2D eigenvalue weighted by atomic mass is 16.1. The van der Waals surface area contributed by atoms with Gasteiger partial charge >= 0.3 is 5.69 Å². The summed E-state index contributed by atoms with van der Waals surface area (Å²) in [7, 11) is 0. The Morgan fingerprint density at radius 2 is 1.58 bits per heavy atom. The molecule has 1 aliphatic rings. The number of anilines is 1. The van der Waals surface area contributed by atoms with Gasteiger partial charge in [0.25, 0.3) is 0 Å². The highest BCUT2D eigenvalue weighted by Gasteiger charge is 2.22. The smallest absolute Gasteiger partial charge is 0.347 e. The Balaban J connectivity index is 1.78. The largest absolute Gasteiger partial charge is 0.369 e. The molecule has 1 aromatic heterocycles. The maximum Gasteiger partial charge on any atom is 0.347 e. The second-order valence-electron chi connectivity index (χ2n) is 6.10. The third-order valence-electron chi connectivity index (χ3n) is 4.60. The molecule has 0 unspecified atom stereocenters. The van der Waals surface area contributed by atoms with E-state index in [2.05, 4.69) is 63.8 Å². The van der Waals surface area contributed by atoms with Gasteiger partial charge in [0.15, 0.2) is 0 Å². The van der Waals surface area contributed by atoms with Crippen molar-refractivity contribution in [1.82, 2.24) is 9.97 Å². The third-order valence-corrected chi connectivity index (χ3v) is 4.60. The fourth-order valence-corrected chi connectivity index (χ4v) is 3.44. The molecule has 2 heterocycles. The minimum Gasteiger partial charge on any atom is -0.369 e. The number of nitrogens with zero attached hydrogens (tertiary/aromatic N) is 1. The van der Waals surface area contributed by atoms with Crippen molar-refractivity contribution in [2.75, 3.05) is 11.9 Å². The molecule has 4 rings (SSSR count). The number of benzene rings is 2. The molecule has 0 radical (unpaired) electrons.